The molecule has 1 saturated heterocycles. The van der Waals surface area contributed by atoms with E-state index in [2.05, 4.69) is 4.90 Å². The van der Waals surface area contributed by atoms with Crippen molar-refractivity contribution in [3.63, 3.8) is 0 Å². The molecule has 0 aromatic heterocycles. The minimum absolute atomic E-state index is 0.0838. The van der Waals surface area contributed by atoms with Gasteiger partial charge < -0.3 is 9.64 Å². The number of nitrogens with zero attached hydrogens (tertiary/aromatic N) is 2. The molecule has 0 unspecified atom stereocenters. The number of carbonyl (C=O) groups is 2. The molecule has 2 aromatic rings. The lowest BCUT2D eigenvalue weighted by molar-refractivity contribution is 0.0182. The number of fused-ring (bicyclic) bond motifs is 1. The average molecular weight is 473 g/mol. The monoisotopic (exact) mass is 472 g/mol. The SMILES string of the molecule is CC(C)(C)OC(=O)N1CCC(C(=O)c2cc(Cl)c3c(c2)CN(Cc2ccc(F)cc2)C3)CC1. The number of likely N-dealkylation sites (tertiary alicyclic amines) is 1. The lowest BCUT2D eigenvalue weighted by Gasteiger charge is -2.33. The molecule has 0 saturated carbocycles. The van der Waals surface area contributed by atoms with Gasteiger partial charge in [-0.1, -0.05) is 23.7 Å². The third-order valence-corrected chi connectivity index (χ3v) is 6.52. The number of ether oxygens (including phenoxy) is 1. The number of rotatable bonds is 4. The molecule has 4 rings (SSSR count). The molecule has 0 aliphatic carbocycles. The van der Waals surface area contributed by atoms with Crippen molar-refractivity contribution in [2.75, 3.05) is 13.1 Å². The average Bonchev–Trinajstić information content (AvgIpc) is 3.17. The first kappa shape index (κ1) is 23.7. The lowest BCUT2D eigenvalue weighted by atomic mass is 9.88. The Bertz CT molecular complexity index is 1040. The molecule has 7 heteroatoms. The van der Waals surface area contributed by atoms with Crippen LogP contribution in [-0.4, -0.2) is 40.4 Å². The van der Waals surface area contributed by atoms with Crippen molar-refractivity contribution >= 4 is 23.5 Å². The van der Waals surface area contributed by atoms with Gasteiger partial charge in [-0.2, -0.15) is 0 Å². The number of hydrogen-bond acceptors (Lipinski definition) is 4. The summed E-state index contributed by atoms with van der Waals surface area (Å²) >= 11 is 6.58. The Kier molecular flexibility index (Phi) is 6.78. The van der Waals surface area contributed by atoms with Crippen LogP contribution in [0.15, 0.2) is 36.4 Å². The maximum Gasteiger partial charge on any atom is 0.410 e. The van der Waals surface area contributed by atoms with Crippen LogP contribution in [0.3, 0.4) is 0 Å². The third kappa shape index (κ3) is 5.74. The van der Waals surface area contributed by atoms with Crippen molar-refractivity contribution in [1.82, 2.24) is 9.80 Å². The highest BCUT2D eigenvalue weighted by Gasteiger charge is 2.31. The minimum Gasteiger partial charge on any atom is -0.444 e. The Morgan fingerprint density at radius 3 is 2.39 bits per heavy atom. The van der Waals surface area contributed by atoms with Crippen molar-refractivity contribution in [2.24, 2.45) is 5.92 Å². The number of hydrogen-bond donors (Lipinski definition) is 0. The van der Waals surface area contributed by atoms with E-state index in [9.17, 15) is 14.0 Å². The first-order valence-electron chi connectivity index (χ1n) is 11.4. The zero-order valence-corrected chi connectivity index (χ0v) is 20.1. The second-order valence-electron chi connectivity index (χ2n) is 9.97. The Balaban J connectivity index is 1.38. The van der Waals surface area contributed by atoms with Crippen molar-refractivity contribution in [1.29, 1.82) is 0 Å². The van der Waals surface area contributed by atoms with Crippen LogP contribution in [-0.2, 0) is 24.4 Å². The fourth-order valence-corrected chi connectivity index (χ4v) is 4.82. The molecule has 176 valence electrons. The summed E-state index contributed by atoms with van der Waals surface area (Å²) in [6.07, 6.45) is 0.905. The van der Waals surface area contributed by atoms with Crippen LogP contribution in [0.2, 0.25) is 5.02 Å². The number of Topliss-reactive ketones (excluding diaryl/α,β-unsaturated/α-hetero) is 1. The minimum atomic E-state index is -0.532. The summed E-state index contributed by atoms with van der Waals surface area (Å²) < 4.78 is 18.6. The maximum atomic E-state index is 13.2. The standard InChI is InChI=1S/C26H30ClFN2O3/c1-26(2,3)33-25(32)30-10-8-18(9-11-30)24(31)19-12-20-15-29(16-22(20)23(27)13-19)14-17-4-6-21(28)7-5-17/h4-7,12-13,18H,8-11,14-16H2,1-3H3. The van der Waals surface area contributed by atoms with Gasteiger partial charge in [0.25, 0.3) is 0 Å². The Morgan fingerprint density at radius 2 is 1.76 bits per heavy atom. The molecule has 1 amide bonds. The van der Waals surface area contributed by atoms with Crippen LogP contribution < -0.4 is 0 Å². The van der Waals surface area contributed by atoms with E-state index in [0.717, 1.165) is 16.7 Å². The predicted molar refractivity (Wildman–Crippen MR) is 126 cm³/mol. The van der Waals surface area contributed by atoms with E-state index in [-0.39, 0.29) is 23.6 Å². The lowest BCUT2D eigenvalue weighted by Crippen LogP contribution is -2.43. The van der Waals surface area contributed by atoms with Gasteiger partial charge in [-0.05, 0) is 74.6 Å². The molecule has 0 radical (unpaired) electrons. The summed E-state index contributed by atoms with van der Waals surface area (Å²) in [4.78, 5) is 29.4. The van der Waals surface area contributed by atoms with E-state index in [0.29, 0.717) is 56.2 Å². The van der Waals surface area contributed by atoms with Gasteiger partial charge in [-0.15, -0.1) is 0 Å². The number of ketones is 1. The van der Waals surface area contributed by atoms with E-state index in [1.165, 1.54) is 12.1 Å². The maximum absolute atomic E-state index is 13.2. The zero-order valence-electron chi connectivity index (χ0n) is 19.4. The fraction of sp³-hybridized carbons (Fsp3) is 0.462. The largest absolute Gasteiger partial charge is 0.444 e. The highest BCUT2D eigenvalue weighted by atomic mass is 35.5. The molecule has 1 fully saturated rings. The summed E-state index contributed by atoms with van der Waals surface area (Å²) in [7, 11) is 0. The van der Waals surface area contributed by atoms with Crippen LogP contribution in [0.5, 0.6) is 0 Å². The van der Waals surface area contributed by atoms with E-state index in [1.807, 2.05) is 26.8 Å². The van der Waals surface area contributed by atoms with Gasteiger partial charge in [0.1, 0.15) is 11.4 Å². The predicted octanol–water partition coefficient (Wildman–Crippen LogP) is 5.82. The molecule has 2 aromatic carbocycles. The molecule has 2 aliphatic rings. The molecule has 2 heterocycles. The summed E-state index contributed by atoms with van der Waals surface area (Å²) in [5.74, 6) is -0.290. The summed E-state index contributed by atoms with van der Waals surface area (Å²) in [6.45, 7) is 8.65. The smallest absolute Gasteiger partial charge is 0.410 e. The van der Waals surface area contributed by atoms with Crippen molar-refractivity contribution < 1.29 is 18.7 Å². The van der Waals surface area contributed by atoms with Crippen molar-refractivity contribution in [2.45, 2.75) is 58.8 Å². The Morgan fingerprint density at radius 1 is 1.09 bits per heavy atom. The van der Waals surface area contributed by atoms with Gasteiger partial charge in [-0.3, -0.25) is 9.69 Å². The first-order valence-corrected chi connectivity index (χ1v) is 11.8. The van der Waals surface area contributed by atoms with Crippen molar-refractivity contribution in [3.05, 3.63) is 69.5 Å². The zero-order chi connectivity index (χ0) is 23.8. The van der Waals surface area contributed by atoms with Crippen LogP contribution in [0, 0.1) is 11.7 Å². The van der Waals surface area contributed by atoms with Gasteiger partial charge >= 0.3 is 6.09 Å². The summed E-state index contributed by atoms with van der Waals surface area (Å²) in [5, 5.41) is 0.614. The Hall–Kier alpha value is -2.44. The van der Waals surface area contributed by atoms with Crippen LogP contribution in [0.1, 0.15) is 60.7 Å². The second-order valence-corrected chi connectivity index (χ2v) is 10.4. The molecule has 0 N–H and O–H groups in total. The van der Waals surface area contributed by atoms with Gasteiger partial charge in [0, 0.05) is 49.2 Å². The first-order chi connectivity index (χ1) is 15.6. The topological polar surface area (TPSA) is 49.9 Å². The van der Waals surface area contributed by atoms with Crippen LogP contribution in [0.25, 0.3) is 0 Å². The van der Waals surface area contributed by atoms with Gasteiger partial charge in [-0.25, -0.2) is 9.18 Å². The quantitative estimate of drug-likeness (QED) is 0.526. The van der Waals surface area contributed by atoms with Gasteiger partial charge in [0.15, 0.2) is 5.78 Å². The van der Waals surface area contributed by atoms with Crippen LogP contribution in [0.4, 0.5) is 9.18 Å². The highest BCUT2D eigenvalue weighted by molar-refractivity contribution is 6.32. The molecule has 0 bridgehead atoms. The summed E-state index contributed by atoms with van der Waals surface area (Å²) in [6, 6.07) is 10.3. The summed E-state index contributed by atoms with van der Waals surface area (Å²) in [5.41, 5.74) is 3.26. The number of amides is 1. The number of piperidine rings is 1. The second kappa shape index (κ2) is 9.43. The number of halogens is 2. The highest BCUT2D eigenvalue weighted by Crippen LogP contribution is 2.33. The normalized spacial score (nSPS) is 17.2. The fourth-order valence-electron chi connectivity index (χ4n) is 4.52. The molecule has 0 spiro atoms. The van der Waals surface area contributed by atoms with E-state index in [1.54, 1.807) is 23.1 Å². The molecule has 5 nitrogen and oxygen atoms in total. The Labute approximate surface area is 199 Å². The van der Waals surface area contributed by atoms with E-state index in [4.69, 9.17) is 16.3 Å². The van der Waals surface area contributed by atoms with Crippen LogP contribution >= 0.6 is 11.6 Å². The number of benzene rings is 2. The van der Waals surface area contributed by atoms with Gasteiger partial charge in [0.05, 0.1) is 0 Å². The van der Waals surface area contributed by atoms with Crippen molar-refractivity contribution in [3.8, 4) is 0 Å². The van der Waals surface area contributed by atoms with Gasteiger partial charge in [0.2, 0.25) is 0 Å². The molecule has 0 atom stereocenters. The third-order valence-electron chi connectivity index (χ3n) is 6.18. The van der Waals surface area contributed by atoms with E-state index >= 15 is 0 Å². The number of carbonyl (C=O) groups excluding carboxylic acids is 2. The molecular formula is C26H30ClFN2O3. The molecule has 2 aliphatic heterocycles. The molecule has 33 heavy (non-hydrogen) atoms. The van der Waals surface area contributed by atoms with E-state index < -0.39 is 5.60 Å². The molecular weight excluding hydrogens is 443 g/mol.